The molecule has 2 aromatic rings. The monoisotopic (exact) mass is 220 g/mol. The zero-order valence-corrected chi connectivity index (χ0v) is 9.63. The van der Waals surface area contributed by atoms with Gasteiger partial charge in [0.2, 0.25) is 0 Å². The number of hydrogen-bond donors (Lipinski definition) is 2. The lowest BCUT2D eigenvalue weighted by Crippen LogP contribution is -2.17. The Hall–Kier alpha value is -1.35. The van der Waals surface area contributed by atoms with E-state index in [4.69, 9.17) is 5.73 Å². The molecule has 0 saturated heterocycles. The summed E-state index contributed by atoms with van der Waals surface area (Å²) in [4.78, 5) is 3.00. The summed E-state index contributed by atoms with van der Waals surface area (Å²) < 4.78 is 13.5. The second-order valence-electron chi connectivity index (χ2n) is 4.49. The van der Waals surface area contributed by atoms with E-state index in [1.54, 1.807) is 6.07 Å². The van der Waals surface area contributed by atoms with E-state index in [-0.39, 0.29) is 11.7 Å². The molecule has 1 unspecified atom stereocenters. The number of para-hydroxylation sites is 1. The SMILES string of the molecule is CC(C)C(CN)c1c[nH]c2c(F)cccc12. The predicted octanol–water partition coefficient (Wildman–Crippen LogP) is 3.01. The van der Waals surface area contributed by atoms with Crippen LogP contribution in [-0.2, 0) is 0 Å². The molecule has 86 valence electrons. The van der Waals surface area contributed by atoms with Crippen molar-refractivity contribution in [3.63, 3.8) is 0 Å². The average Bonchev–Trinajstić information content (AvgIpc) is 2.64. The number of fused-ring (bicyclic) bond motifs is 1. The molecule has 1 heterocycles. The maximum atomic E-state index is 13.5. The van der Waals surface area contributed by atoms with Crippen LogP contribution in [0, 0.1) is 11.7 Å². The fourth-order valence-corrected chi connectivity index (χ4v) is 2.20. The first-order valence-electron chi connectivity index (χ1n) is 5.60. The second kappa shape index (κ2) is 4.26. The number of halogens is 1. The normalized spacial score (nSPS) is 13.6. The number of nitrogens with one attached hydrogen (secondary N) is 1. The average molecular weight is 220 g/mol. The number of aromatic amines is 1. The van der Waals surface area contributed by atoms with E-state index in [1.165, 1.54) is 6.07 Å². The third-order valence-electron chi connectivity index (χ3n) is 3.15. The van der Waals surface area contributed by atoms with Gasteiger partial charge in [0.1, 0.15) is 5.82 Å². The van der Waals surface area contributed by atoms with Crippen molar-refractivity contribution in [3.8, 4) is 0 Å². The van der Waals surface area contributed by atoms with Crippen molar-refractivity contribution >= 4 is 10.9 Å². The summed E-state index contributed by atoms with van der Waals surface area (Å²) in [5, 5.41) is 0.948. The van der Waals surface area contributed by atoms with Crippen molar-refractivity contribution in [1.29, 1.82) is 0 Å². The number of nitrogens with two attached hydrogens (primary N) is 1. The van der Waals surface area contributed by atoms with Crippen LogP contribution >= 0.6 is 0 Å². The van der Waals surface area contributed by atoms with Gasteiger partial charge in [-0.2, -0.15) is 0 Å². The minimum Gasteiger partial charge on any atom is -0.359 e. The number of aromatic nitrogens is 1. The number of hydrogen-bond acceptors (Lipinski definition) is 1. The zero-order chi connectivity index (χ0) is 11.7. The van der Waals surface area contributed by atoms with E-state index in [0.717, 1.165) is 10.9 Å². The highest BCUT2D eigenvalue weighted by molar-refractivity contribution is 5.84. The Kier molecular flexibility index (Phi) is 2.97. The first kappa shape index (κ1) is 11.1. The Balaban J connectivity index is 2.57. The Labute approximate surface area is 94.7 Å². The molecule has 2 nitrogen and oxygen atoms in total. The lowest BCUT2D eigenvalue weighted by atomic mass is 9.88. The van der Waals surface area contributed by atoms with Crippen molar-refractivity contribution in [2.75, 3.05) is 6.54 Å². The Bertz CT molecular complexity index is 488. The smallest absolute Gasteiger partial charge is 0.147 e. The molecular formula is C13H17FN2. The fraction of sp³-hybridized carbons (Fsp3) is 0.385. The van der Waals surface area contributed by atoms with Crippen molar-refractivity contribution in [1.82, 2.24) is 4.98 Å². The van der Waals surface area contributed by atoms with Gasteiger partial charge in [-0.25, -0.2) is 4.39 Å². The van der Waals surface area contributed by atoms with Crippen LogP contribution < -0.4 is 5.73 Å². The molecule has 0 aliphatic carbocycles. The van der Waals surface area contributed by atoms with Crippen LogP contribution in [0.4, 0.5) is 4.39 Å². The van der Waals surface area contributed by atoms with Gasteiger partial charge in [-0.05, 0) is 24.1 Å². The lowest BCUT2D eigenvalue weighted by molar-refractivity contribution is 0.509. The molecule has 1 aromatic heterocycles. The molecule has 2 rings (SSSR count). The maximum Gasteiger partial charge on any atom is 0.147 e. The number of benzene rings is 1. The Morgan fingerprint density at radius 2 is 2.12 bits per heavy atom. The van der Waals surface area contributed by atoms with E-state index >= 15 is 0 Å². The van der Waals surface area contributed by atoms with Gasteiger partial charge >= 0.3 is 0 Å². The van der Waals surface area contributed by atoms with Gasteiger partial charge in [0.15, 0.2) is 0 Å². The van der Waals surface area contributed by atoms with Crippen LogP contribution in [0.5, 0.6) is 0 Å². The Morgan fingerprint density at radius 1 is 1.38 bits per heavy atom. The summed E-state index contributed by atoms with van der Waals surface area (Å²) in [6.45, 7) is 4.85. The molecule has 0 aliphatic rings. The molecular weight excluding hydrogens is 203 g/mol. The largest absolute Gasteiger partial charge is 0.359 e. The van der Waals surface area contributed by atoms with Gasteiger partial charge in [0.25, 0.3) is 0 Å². The molecule has 0 spiro atoms. The maximum absolute atomic E-state index is 13.5. The van der Waals surface area contributed by atoms with E-state index in [2.05, 4.69) is 18.8 Å². The van der Waals surface area contributed by atoms with Crippen LogP contribution in [0.1, 0.15) is 25.3 Å². The topological polar surface area (TPSA) is 41.8 Å². The highest BCUT2D eigenvalue weighted by atomic mass is 19.1. The van der Waals surface area contributed by atoms with Crippen molar-refractivity contribution in [2.45, 2.75) is 19.8 Å². The molecule has 1 atom stereocenters. The van der Waals surface area contributed by atoms with E-state index in [1.807, 2.05) is 12.3 Å². The van der Waals surface area contributed by atoms with E-state index in [9.17, 15) is 4.39 Å². The summed E-state index contributed by atoms with van der Waals surface area (Å²) in [6.07, 6.45) is 1.88. The van der Waals surface area contributed by atoms with E-state index in [0.29, 0.717) is 18.0 Å². The van der Waals surface area contributed by atoms with Gasteiger partial charge in [0, 0.05) is 17.5 Å². The predicted molar refractivity (Wildman–Crippen MR) is 64.9 cm³/mol. The highest BCUT2D eigenvalue weighted by Crippen LogP contribution is 2.30. The van der Waals surface area contributed by atoms with E-state index < -0.39 is 0 Å². The highest BCUT2D eigenvalue weighted by Gasteiger charge is 2.18. The van der Waals surface area contributed by atoms with Gasteiger partial charge in [-0.3, -0.25) is 0 Å². The summed E-state index contributed by atoms with van der Waals surface area (Å²) in [5.74, 6) is 0.520. The molecule has 0 aliphatic heterocycles. The summed E-state index contributed by atoms with van der Waals surface area (Å²) >= 11 is 0. The molecule has 0 bridgehead atoms. The van der Waals surface area contributed by atoms with Gasteiger partial charge in [0.05, 0.1) is 5.52 Å². The van der Waals surface area contributed by atoms with Crippen molar-refractivity contribution in [2.24, 2.45) is 11.7 Å². The van der Waals surface area contributed by atoms with Crippen LogP contribution in [0.25, 0.3) is 10.9 Å². The van der Waals surface area contributed by atoms with Gasteiger partial charge in [-0.15, -0.1) is 0 Å². The minimum absolute atomic E-state index is 0.205. The lowest BCUT2D eigenvalue weighted by Gasteiger charge is -2.18. The first-order chi connectivity index (χ1) is 7.65. The fourth-order valence-electron chi connectivity index (χ4n) is 2.20. The molecule has 3 N–H and O–H groups in total. The molecule has 0 saturated carbocycles. The van der Waals surface area contributed by atoms with Crippen LogP contribution in [0.3, 0.4) is 0 Å². The van der Waals surface area contributed by atoms with Gasteiger partial charge < -0.3 is 10.7 Å². The number of rotatable bonds is 3. The third-order valence-corrected chi connectivity index (χ3v) is 3.15. The molecule has 0 amide bonds. The molecule has 3 heteroatoms. The number of H-pyrrole nitrogens is 1. The zero-order valence-electron chi connectivity index (χ0n) is 9.63. The second-order valence-corrected chi connectivity index (χ2v) is 4.49. The summed E-state index contributed by atoms with van der Waals surface area (Å²) in [5.41, 5.74) is 7.48. The molecule has 0 fully saturated rings. The van der Waals surface area contributed by atoms with Crippen LogP contribution in [0.15, 0.2) is 24.4 Å². The Morgan fingerprint density at radius 3 is 2.75 bits per heavy atom. The molecule has 1 aromatic carbocycles. The van der Waals surface area contributed by atoms with Gasteiger partial charge in [-0.1, -0.05) is 26.0 Å². The van der Waals surface area contributed by atoms with Crippen molar-refractivity contribution < 1.29 is 4.39 Å². The first-order valence-corrected chi connectivity index (χ1v) is 5.60. The molecule has 0 radical (unpaired) electrons. The van der Waals surface area contributed by atoms with Crippen LogP contribution in [0.2, 0.25) is 0 Å². The summed E-state index contributed by atoms with van der Waals surface area (Å²) in [7, 11) is 0. The minimum atomic E-state index is -0.205. The van der Waals surface area contributed by atoms with Crippen LogP contribution in [-0.4, -0.2) is 11.5 Å². The third kappa shape index (κ3) is 1.71. The standard InChI is InChI=1S/C13H17FN2/c1-8(2)10(6-15)11-7-16-13-9(11)4-3-5-12(13)14/h3-5,7-8,10,16H,6,15H2,1-2H3. The quantitative estimate of drug-likeness (QED) is 0.820. The van der Waals surface area contributed by atoms with Crippen molar-refractivity contribution in [3.05, 3.63) is 35.8 Å². The molecule has 16 heavy (non-hydrogen) atoms. The summed E-state index contributed by atoms with van der Waals surface area (Å²) in [6, 6.07) is 5.15.